The van der Waals surface area contributed by atoms with Gasteiger partial charge in [0, 0.05) is 50.8 Å². The first-order valence-electron chi connectivity index (χ1n) is 15.8. The average Bonchev–Trinajstić information content (AvgIpc) is 3.46. The molecule has 9 atom stereocenters. The number of hydrogen-bond donors (Lipinski definition) is 5. The van der Waals surface area contributed by atoms with Crippen LogP contribution in [0.2, 0.25) is 0 Å². The van der Waals surface area contributed by atoms with E-state index in [0.29, 0.717) is 26.2 Å². The van der Waals surface area contributed by atoms with Crippen LogP contribution < -0.4 is 26.7 Å². The monoisotopic (exact) mass is 596 g/mol. The van der Waals surface area contributed by atoms with Crippen LogP contribution in [-0.2, 0) is 14.3 Å². The molecule has 11 nitrogen and oxygen atoms in total. The summed E-state index contributed by atoms with van der Waals surface area (Å²) in [6.45, 7) is 7.54. The largest absolute Gasteiger partial charge is 0.377 e. The molecule has 41 heavy (non-hydrogen) atoms. The van der Waals surface area contributed by atoms with Gasteiger partial charge in [-0.3, -0.25) is 10.1 Å². The summed E-state index contributed by atoms with van der Waals surface area (Å²) in [4.78, 5) is 14.9. The lowest BCUT2D eigenvalue weighted by atomic mass is 9.69. The van der Waals surface area contributed by atoms with Crippen molar-refractivity contribution < 1.29 is 14.3 Å². The quantitative estimate of drug-likeness (QED) is 0.146. The van der Waals surface area contributed by atoms with Gasteiger partial charge >= 0.3 is 0 Å². The Kier molecular flexibility index (Phi) is 13.4. The minimum atomic E-state index is -0.132. The van der Waals surface area contributed by atoms with Crippen LogP contribution in [0.5, 0.6) is 0 Å². The summed E-state index contributed by atoms with van der Waals surface area (Å²) in [5, 5.41) is 26.3. The van der Waals surface area contributed by atoms with Gasteiger partial charge in [-0.05, 0) is 78.4 Å². The Morgan fingerprint density at radius 2 is 2.02 bits per heavy atom. The highest BCUT2D eigenvalue weighted by Crippen LogP contribution is 2.36. The minimum absolute atomic E-state index is 0.0249. The van der Waals surface area contributed by atoms with Gasteiger partial charge in [-0.2, -0.15) is 5.26 Å². The van der Waals surface area contributed by atoms with Gasteiger partial charge in [-0.15, -0.1) is 11.6 Å². The van der Waals surface area contributed by atoms with Crippen molar-refractivity contribution in [1.82, 2.24) is 36.6 Å². The number of hydrazine groups is 1. The number of nitrogens with zero attached hydrogens (tertiary/aromatic N) is 3. The molecular formula is C29H53ClN8O3. The maximum Gasteiger partial charge on any atom is 0.220 e. The van der Waals surface area contributed by atoms with E-state index in [1.54, 1.807) is 0 Å². The number of piperidine rings is 1. The van der Waals surface area contributed by atoms with Crippen LogP contribution in [0, 0.1) is 23.2 Å². The molecule has 0 radical (unpaired) electrons. The Hall–Kier alpha value is -1.07. The first-order chi connectivity index (χ1) is 19.9. The molecule has 0 aromatic rings. The van der Waals surface area contributed by atoms with E-state index in [0.717, 1.165) is 71.4 Å². The summed E-state index contributed by atoms with van der Waals surface area (Å²) in [6.07, 6.45) is 6.72. The number of carbonyl (C=O) groups is 1. The number of ether oxygens (including phenoxy) is 2. The Labute approximate surface area is 251 Å². The first-order valence-corrected chi connectivity index (χ1v) is 16.2. The molecule has 2 saturated heterocycles. The molecule has 0 bridgehead atoms. The Morgan fingerprint density at radius 1 is 1.17 bits per heavy atom. The van der Waals surface area contributed by atoms with E-state index in [1.165, 1.54) is 0 Å². The maximum absolute atomic E-state index is 12.8. The lowest BCUT2D eigenvalue weighted by molar-refractivity contribution is -0.124. The van der Waals surface area contributed by atoms with Crippen molar-refractivity contribution in [1.29, 1.82) is 5.26 Å². The van der Waals surface area contributed by atoms with Crippen LogP contribution in [0.4, 0.5) is 0 Å². The zero-order valence-electron chi connectivity index (χ0n) is 25.2. The van der Waals surface area contributed by atoms with Crippen LogP contribution in [-0.4, -0.2) is 118 Å². The Bertz CT molecular complexity index is 841. The summed E-state index contributed by atoms with van der Waals surface area (Å²) in [6, 6.07) is 3.07. The molecule has 0 spiro atoms. The number of rotatable bonds is 14. The number of carbonyl (C=O) groups excluding carboxylic acids is 1. The third-order valence-corrected chi connectivity index (χ3v) is 9.61. The van der Waals surface area contributed by atoms with Gasteiger partial charge in [-0.1, -0.05) is 0 Å². The average molecular weight is 597 g/mol. The van der Waals surface area contributed by atoms with Gasteiger partial charge in [0.25, 0.3) is 0 Å². The summed E-state index contributed by atoms with van der Waals surface area (Å²) in [5.41, 5.74) is 3.28. The molecule has 2 saturated carbocycles. The number of halogens is 1. The normalized spacial score (nSPS) is 36.1. The van der Waals surface area contributed by atoms with Gasteiger partial charge in [0.05, 0.1) is 49.0 Å². The van der Waals surface area contributed by atoms with E-state index >= 15 is 0 Å². The highest BCUT2D eigenvalue weighted by molar-refractivity contribution is 6.21. The number of nitrogens with one attached hydrogen (secondary N) is 5. The van der Waals surface area contributed by atoms with Gasteiger partial charge in [0.1, 0.15) is 0 Å². The van der Waals surface area contributed by atoms with Gasteiger partial charge < -0.3 is 30.3 Å². The van der Waals surface area contributed by atoms with Crippen LogP contribution in [0.3, 0.4) is 0 Å². The molecule has 12 heteroatoms. The second kappa shape index (κ2) is 16.7. The van der Waals surface area contributed by atoms with E-state index in [-0.39, 0.29) is 59.5 Å². The van der Waals surface area contributed by atoms with Crippen molar-refractivity contribution in [2.75, 3.05) is 60.3 Å². The zero-order valence-corrected chi connectivity index (χ0v) is 26.0. The number of hydrogen-bond acceptors (Lipinski definition) is 10. The zero-order chi connectivity index (χ0) is 29.2. The molecule has 0 aromatic carbocycles. The van der Waals surface area contributed by atoms with Crippen molar-refractivity contribution in [3.63, 3.8) is 0 Å². The lowest BCUT2D eigenvalue weighted by Gasteiger charge is -2.50. The van der Waals surface area contributed by atoms with Crippen molar-refractivity contribution >= 4 is 17.5 Å². The van der Waals surface area contributed by atoms with Crippen LogP contribution in [0.25, 0.3) is 0 Å². The maximum atomic E-state index is 12.8. The summed E-state index contributed by atoms with van der Waals surface area (Å²) in [5.74, 6) is 0.183. The molecule has 2 aliphatic carbocycles. The van der Waals surface area contributed by atoms with Crippen LogP contribution >= 0.6 is 11.6 Å². The number of fused-ring (bicyclic) bond motifs is 1. The Balaban J connectivity index is 1.30. The van der Waals surface area contributed by atoms with Crippen molar-refractivity contribution in [2.24, 2.45) is 11.8 Å². The van der Waals surface area contributed by atoms with Crippen LogP contribution in [0.15, 0.2) is 0 Å². The smallest absolute Gasteiger partial charge is 0.220 e. The van der Waals surface area contributed by atoms with E-state index in [2.05, 4.69) is 42.7 Å². The first kappa shape index (κ1) is 32.8. The van der Waals surface area contributed by atoms with E-state index in [1.807, 2.05) is 21.0 Å². The van der Waals surface area contributed by atoms with Crippen molar-refractivity contribution in [3.05, 3.63) is 0 Å². The molecule has 9 unspecified atom stereocenters. The van der Waals surface area contributed by atoms with Gasteiger partial charge in [0.15, 0.2) is 0 Å². The van der Waals surface area contributed by atoms with Crippen molar-refractivity contribution in [3.8, 4) is 6.07 Å². The topological polar surface area (TPSA) is 126 Å². The molecule has 2 heterocycles. The summed E-state index contributed by atoms with van der Waals surface area (Å²) >= 11 is 6.86. The Morgan fingerprint density at radius 3 is 2.73 bits per heavy atom. The molecule has 5 N–H and O–H groups in total. The highest BCUT2D eigenvalue weighted by Gasteiger charge is 2.47. The summed E-state index contributed by atoms with van der Waals surface area (Å²) < 4.78 is 12.3. The second-order valence-electron chi connectivity index (χ2n) is 12.4. The molecule has 234 valence electrons. The number of alkyl halides is 1. The summed E-state index contributed by atoms with van der Waals surface area (Å²) in [7, 11) is 4.05. The third kappa shape index (κ3) is 9.71. The van der Waals surface area contributed by atoms with E-state index in [4.69, 9.17) is 21.1 Å². The predicted octanol–water partition coefficient (Wildman–Crippen LogP) is 0.958. The molecule has 4 fully saturated rings. The molecule has 0 aromatic heterocycles. The predicted molar refractivity (Wildman–Crippen MR) is 160 cm³/mol. The second-order valence-corrected chi connectivity index (χ2v) is 13.0. The fraction of sp³-hybridized carbons (Fsp3) is 0.931. The fourth-order valence-electron chi connectivity index (χ4n) is 7.05. The molecule has 4 aliphatic rings. The van der Waals surface area contributed by atoms with Gasteiger partial charge in [-0.25, -0.2) is 10.4 Å². The standard InChI is InChI=1S/C29H53ClN8O3/c1-4-40-27-15-24-22(14-25(27)36-28(39)7-5-10-37(2)3)29(20(16-31)17-33-24)35-21-8-9-26(23(30)13-21)41-12-6-11-38-19-32-18-34-38/h20-27,29,32-35H,4-15,17-19H2,1-3H3,(H,36,39). The van der Waals surface area contributed by atoms with Gasteiger partial charge in [0.2, 0.25) is 5.91 Å². The number of amides is 1. The van der Waals surface area contributed by atoms with E-state index in [9.17, 15) is 10.1 Å². The SMILES string of the molecule is CCOC1CC2NCC(C#N)C(NC3CCC(OCCCN4CNCN4)C(Cl)C3)C2CC1NC(=O)CCCN(C)C. The molecule has 2 aliphatic heterocycles. The molecular weight excluding hydrogens is 544 g/mol. The number of nitriles is 1. The third-order valence-electron chi connectivity index (χ3n) is 9.15. The lowest BCUT2D eigenvalue weighted by Crippen LogP contribution is -2.66. The molecule has 4 rings (SSSR count). The fourth-order valence-corrected chi connectivity index (χ4v) is 7.46. The van der Waals surface area contributed by atoms with Crippen LogP contribution in [0.1, 0.15) is 58.3 Å². The van der Waals surface area contributed by atoms with E-state index < -0.39 is 0 Å². The highest BCUT2D eigenvalue weighted by atomic mass is 35.5. The molecule has 1 amide bonds. The van der Waals surface area contributed by atoms with Crippen molar-refractivity contribution in [2.45, 2.75) is 100 Å². The minimum Gasteiger partial charge on any atom is -0.377 e.